The van der Waals surface area contributed by atoms with Gasteiger partial charge < -0.3 is 5.32 Å². The first-order chi connectivity index (χ1) is 6.31. The lowest BCUT2D eigenvalue weighted by Crippen LogP contribution is -1.92. The van der Waals surface area contributed by atoms with Crippen molar-refractivity contribution in [3.63, 3.8) is 0 Å². The van der Waals surface area contributed by atoms with Gasteiger partial charge in [0.05, 0.1) is 10.5 Å². The number of hydrogen-bond acceptors (Lipinski definition) is 2. The number of aromatic nitrogens is 1. The van der Waals surface area contributed by atoms with Gasteiger partial charge in [-0.25, -0.2) is 4.98 Å². The van der Waals surface area contributed by atoms with Crippen LogP contribution in [0.2, 0.25) is 5.02 Å². The molecule has 1 N–H and O–H groups in total. The molecule has 0 amide bonds. The zero-order chi connectivity index (χ0) is 9.26. The molecule has 1 aromatic heterocycles. The maximum Gasteiger partial charge on any atom is 0.127 e. The second-order valence-corrected chi connectivity index (χ2v) is 3.16. The fourth-order valence-corrected chi connectivity index (χ4v) is 1.52. The highest BCUT2D eigenvalue weighted by atomic mass is 35.5. The molecule has 0 unspecified atom stereocenters. The SMILES string of the molecule is CNc1cc(Cl)c2ccccc2n1. The summed E-state index contributed by atoms with van der Waals surface area (Å²) in [4.78, 5) is 4.36. The number of nitrogens with one attached hydrogen (secondary N) is 1. The topological polar surface area (TPSA) is 24.9 Å². The average molecular weight is 193 g/mol. The molecule has 0 saturated carbocycles. The first-order valence-electron chi connectivity index (χ1n) is 4.04. The van der Waals surface area contributed by atoms with E-state index in [4.69, 9.17) is 11.6 Å². The van der Waals surface area contributed by atoms with Gasteiger partial charge in [-0.2, -0.15) is 0 Å². The van der Waals surface area contributed by atoms with Gasteiger partial charge in [0.15, 0.2) is 0 Å². The Balaban J connectivity index is 2.77. The maximum atomic E-state index is 6.06. The standard InChI is InChI=1S/C10H9ClN2/c1-12-10-6-8(11)7-4-2-3-5-9(7)13-10/h2-6H,1H3,(H,12,13). The molecule has 3 heteroatoms. The molecule has 66 valence electrons. The molecule has 0 radical (unpaired) electrons. The van der Waals surface area contributed by atoms with Gasteiger partial charge in [0.25, 0.3) is 0 Å². The zero-order valence-electron chi connectivity index (χ0n) is 7.21. The Bertz CT molecular complexity index is 440. The average Bonchev–Trinajstić information content (AvgIpc) is 2.18. The Morgan fingerprint density at radius 1 is 1.31 bits per heavy atom. The highest BCUT2D eigenvalue weighted by molar-refractivity contribution is 6.35. The van der Waals surface area contributed by atoms with Crippen LogP contribution in [-0.2, 0) is 0 Å². The predicted octanol–water partition coefficient (Wildman–Crippen LogP) is 2.93. The van der Waals surface area contributed by atoms with E-state index in [2.05, 4.69) is 10.3 Å². The summed E-state index contributed by atoms with van der Waals surface area (Å²) < 4.78 is 0. The number of anilines is 1. The summed E-state index contributed by atoms with van der Waals surface area (Å²) in [6.07, 6.45) is 0. The minimum Gasteiger partial charge on any atom is -0.373 e. The summed E-state index contributed by atoms with van der Waals surface area (Å²) in [7, 11) is 1.83. The second kappa shape index (κ2) is 3.23. The van der Waals surface area contributed by atoms with Gasteiger partial charge in [-0.1, -0.05) is 29.8 Å². The number of halogens is 1. The van der Waals surface area contributed by atoms with E-state index in [-0.39, 0.29) is 0 Å². The van der Waals surface area contributed by atoms with Gasteiger partial charge in [-0.05, 0) is 12.1 Å². The quantitative estimate of drug-likeness (QED) is 0.752. The highest BCUT2D eigenvalue weighted by Crippen LogP contribution is 2.24. The van der Waals surface area contributed by atoms with Gasteiger partial charge in [0, 0.05) is 12.4 Å². The summed E-state index contributed by atoms with van der Waals surface area (Å²) in [5.74, 6) is 0.795. The van der Waals surface area contributed by atoms with Crippen molar-refractivity contribution in [1.29, 1.82) is 0 Å². The summed E-state index contributed by atoms with van der Waals surface area (Å²) in [5.41, 5.74) is 0.916. The van der Waals surface area contributed by atoms with Crippen molar-refractivity contribution in [3.8, 4) is 0 Å². The van der Waals surface area contributed by atoms with E-state index in [0.717, 1.165) is 21.7 Å². The van der Waals surface area contributed by atoms with E-state index >= 15 is 0 Å². The molecular formula is C10H9ClN2. The monoisotopic (exact) mass is 192 g/mol. The molecule has 2 rings (SSSR count). The lowest BCUT2D eigenvalue weighted by atomic mass is 10.2. The molecule has 0 aliphatic carbocycles. The molecule has 0 atom stereocenters. The molecule has 1 heterocycles. The number of nitrogens with zero attached hydrogens (tertiary/aromatic N) is 1. The fraction of sp³-hybridized carbons (Fsp3) is 0.100. The van der Waals surface area contributed by atoms with Crippen molar-refractivity contribution in [3.05, 3.63) is 35.4 Å². The van der Waals surface area contributed by atoms with Crippen LogP contribution in [0.1, 0.15) is 0 Å². The van der Waals surface area contributed by atoms with E-state index in [1.807, 2.05) is 37.4 Å². The van der Waals surface area contributed by atoms with E-state index < -0.39 is 0 Å². The van der Waals surface area contributed by atoms with Crippen molar-refractivity contribution >= 4 is 28.3 Å². The van der Waals surface area contributed by atoms with E-state index in [1.165, 1.54) is 0 Å². The van der Waals surface area contributed by atoms with Crippen LogP contribution in [-0.4, -0.2) is 12.0 Å². The van der Waals surface area contributed by atoms with Crippen molar-refractivity contribution in [1.82, 2.24) is 4.98 Å². The Morgan fingerprint density at radius 3 is 2.85 bits per heavy atom. The van der Waals surface area contributed by atoms with Crippen LogP contribution in [0.4, 0.5) is 5.82 Å². The number of benzene rings is 1. The summed E-state index contributed by atoms with van der Waals surface area (Å²) in [5, 5.41) is 4.68. The van der Waals surface area contributed by atoms with Gasteiger partial charge in [0.2, 0.25) is 0 Å². The summed E-state index contributed by atoms with van der Waals surface area (Å²) in [6.45, 7) is 0. The number of pyridine rings is 1. The van der Waals surface area contributed by atoms with Crippen molar-refractivity contribution in [2.24, 2.45) is 0 Å². The van der Waals surface area contributed by atoms with E-state index in [0.29, 0.717) is 0 Å². The van der Waals surface area contributed by atoms with Crippen LogP contribution < -0.4 is 5.32 Å². The third kappa shape index (κ3) is 1.45. The Labute approximate surface area is 81.6 Å². The zero-order valence-corrected chi connectivity index (χ0v) is 7.97. The lowest BCUT2D eigenvalue weighted by molar-refractivity contribution is 1.34. The molecule has 0 bridgehead atoms. The van der Waals surface area contributed by atoms with Crippen LogP contribution in [0.5, 0.6) is 0 Å². The van der Waals surface area contributed by atoms with Crippen molar-refractivity contribution in [2.75, 3.05) is 12.4 Å². The van der Waals surface area contributed by atoms with Crippen LogP contribution >= 0.6 is 11.6 Å². The Hall–Kier alpha value is -1.28. The third-order valence-corrected chi connectivity index (χ3v) is 2.23. The number of fused-ring (bicyclic) bond motifs is 1. The number of hydrogen-bond donors (Lipinski definition) is 1. The largest absolute Gasteiger partial charge is 0.373 e. The first kappa shape index (κ1) is 8.32. The van der Waals surface area contributed by atoms with Crippen molar-refractivity contribution < 1.29 is 0 Å². The summed E-state index contributed by atoms with van der Waals surface area (Å²) in [6, 6.07) is 9.64. The fourth-order valence-electron chi connectivity index (χ4n) is 1.26. The number of para-hydroxylation sites is 1. The Kier molecular flexibility index (Phi) is 2.07. The lowest BCUT2D eigenvalue weighted by Gasteiger charge is -2.03. The molecule has 13 heavy (non-hydrogen) atoms. The van der Waals surface area contributed by atoms with Crippen LogP contribution in [0.3, 0.4) is 0 Å². The van der Waals surface area contributed by atoms with Crippen molar-refractivity contribution in [2.45, 2.75) is 0 Å². The normalized spacial score (nSPS) is 10.3. The molecule has 0 aliphatic rings. The number of rotatable bonds is 1. The van der Waals surface area contributed by atoms with Gasteiger partial charge >= 0.3 is 0 Å². The van der Waals surface area contributed by atoms with E-state index in [1.54, 1.807) is 0 Å². The smallest absolute Gasteiger partial charge is 0.127 e. The van der Waals surface area contributed by atoms with Crippen LogP contribution in [0, 0.1) is 0 Å². The first-order valence-corrected chi connectivity index (χ1v) is 4.42. The van der Waals surface area contributed by atoms with Gasteiger partial charge in [-0.15, -0.1) is 0 Å². The molecule has 0 aliphatic heterocycles. The Morgan fingerprint density at radius 2 is 2.08 bits per heavy atom. The van der Waals surface area contributed by atoms with Gasteiger partial charge in [-0.3, -0.25) is 0 Å². The third-order valence-electron chi connectivity index (χ3n) is 1.92. The van der Waals surface area contributed by atoms with Crippen LogP contribution in [0.25, 0.3) is 10.9 Å². The maximum absolute atomic E-state index is 6.06. The second-order valence-electron chi connectivity index (χ2n) is 2.76. The van der Waals surface area contributed by atoms with E-state index in [9.17, 15) is 0 Å². The molecule has 2 nitrogen and oxygen atoms in total. The minimum atomic E-state index is 0.731. The van der Waals surface area contributed by atoms with Gasteiger partial charge in [0.1, 0.15) is 5.82 Å². The molecule has 0 saturated heterocycles. The molecule has 0 fully saturated rings. The van der Waals surface area contributed by atoms with Crippen LogP contribution in [0.15, 0.2) is 30.3 Å². The molecule has 0 spiro atoms. The predicted molar refractivity (Wildman–Crippen MR) is 56.3 cm³/mol. The minimum absolute atomic E-state index is 0.731. The highest BCUT2D eigenvalue weighted by Gasteiger charge is 2.01. The molecule has 1 aromatic carbocycles. The molecule has 2 aromatic rings. The summed E-state index contributed by atoms with van der Waals surface area (Å²) >= 11 is 6.06. The molecular weight excluding hydrogens is 184 g/mol.